The molecule has 9 heteroatoms. The topological polar surface area (TPSA) is 112 Å². The molecule has 1 amide bonds. The van der Waals surface area contributed by atoms with Crippen LogP contribution in [0.5, 0.6) is 5.88 Å². The number of rotatable bonds is 7. The first-order valence-electron chi connectivity index (χ1n) is 8.55. The highest BCUT2D eigenvalue weighted by Crippen LogP contribution is 2.24. The summed E-state index contributed by atoms with van der Waals surface area (Å²) in [5.41, 5.74) is 7.42. The molecule has 0 atom stereocenters. The molecule has 3 aromatic heterocycles. The van der Waals surface area contributed by atoms with E-state index in [0.29, 0.717) is 36.7 Å². The molecule has 2 N–H and O–H groups in total. The van der Waals surface area contributed by atoms with E-state index in [4.69, 9.17) is 10.5 Å². The Bertz CT molecular complexity index is 925. The van der Waals surface area contributed by atoms with Crippen molar-refractivity contribution in [2.24, 2.45) is 5.73 Å². The summed E-state index contributed by atoms with van der Waals surface area (Å²) in [6.45, 7) is 3.39. The number of amides is 1. The van der Waals surface area contributed by atoms with E-state index in [0.717, 1.165) is 5.56 Å². The highest BCUT2D eigenvalue weighted by Gasteiger charge is 2.22. The summed E-state index contributed by atoms with van der Waals surface area (Å²) in [5.74, 6) is 0.556. The Morgan fingerprint density at radius 1 is 1.30 bits per heavy atom. The van der Waals surface area contributed by atoms with Gasteiger partial charge in [-0.25, -0.2) is 9.97 Å². The zero-order valence-corrected chi connectivity index (χ0v) is 15.2. The predicted molar refractivity (Wildman–Crippen MR) is 100 cm³/mol. The van der Waals surface area contributed by atoms with Gasteiger partial charge in [0.25, 0.3) is 5.91 Å². The fourth-order valence-corrected chi connectivity index (χ4v) is 2.67. The number of pyridine rings is 2. The number of hydrogen-bond donors (Lipinski definition) is 1. The number of nitrogens with zero attached hydrogens (tertiary/aromatic N) is 6. The molecule has 0 spiro atoms. The van der Waals surface area contributed by atoms with Crippen molar-refractivity contribution >= 4 is 11.7 Å². The van der Waals surface area contributed by atoms with Gasteiger partial charge in [-0.3, -0.25) is 14.4 Å². The number of ether oxygens (including phenoxy) is 1. The van der Waals surface area contributed by atoms with Crippen LogP contribution >= 0.6 is 0 Å². The van der Waals surface area contributed by atoms with Gasteiger partial charge in [0.05, 0.1) is 19.9 Å². The second-order valence-corrected chi connectivity index (χ2v) is 5.67. The van der Waals surface area contributed by atoms with Crippen molar-refractivity contribution in [3.8, 4) is 17.1 Å². The molecule has 27 heavy (non-hydrogen) atoms. The summed E-state index contributed by atoms with van der Waals surface area (Å²) in [7, 11) is 1.49. The number of methoxy groups -OCH3 is 1. The predicted octanol–water partition coefficient (Wildman–Crippen LogP) is 1.37. The Morgan fingerprint density at radius 3 is 2.89 bits per heavy atom. The van der Waals surface area contributed by atoms with Crippen LogP contribution in [0.15, 0.2) is 42.9 Å². The van der Waals surface area contributed by atoms with Gasteiger partial charge < -0.3 is 10.5 Å². The van der Waals surface area contributed by atoms with E-state index in [1.54, 1.807) is 40.2 Å². The number of hydrogen-bond acceptors (Lipinski definition) is 7. The van der Waals surface area contributed by atoms with Crippen molar-refractivity contribution < 1.29 is 9.53 Å². The fraction of sp³-hybridized carbons (Fsp3) is 0.278. The van der Waals surface area contributed by atoms with Crippen molar-refractivity contribution in [1.82, 2.24) is 25.0 Å². The number of carbonyl (C=O) groups is 1. The lowest BCUT2D eigenvalue weighted by atomic mass is 10.2. The molecule has 0 radical (unpaired) electrons. The quantitative estimate of drug-likeness (QED) is 0.671. The van der Waals surface area contributed by atoms with Crippen LogP contribution in [0.2, 0.25) is 0 Å². The summed E-state index contributed by atoms with van der Waals surface area (Å²) in [6.07, 6.45) is 5.03. The maximum Gasteiger partial charge on any atom is 0.264 e. The molecule has 3 aromatic rings. The largest absolute Gasteiger partial charge is 0.480 e. The lowest BCUT2D eigenvalue weighted by Crippen LogP contribution is -2.31. The Balaban J connectivity index is 1.92. The van der Waals surface area contributed by atoms with Gasteiger partial charge in [-0.05, 0) is 31.2 Å². The molecular weight excluding hydrogens is 346 g/mol. The lowest BCUT2D eigenvalue weighted by Gasteiger charge is -2.21. The van der Waals surface area contributed by atoms with Crippen molar-refractivity contribution in [3.63, 3.8) is 0 Å². The number of carbonyl (C=O) groups excluding carboxylic acids is 1. The molecule has 0 fully saturated rings. The summed E-state index contributed by atoms with van der Waals surface area (Å²) >= 11 is 0. The first-order chi connectivity index (χ1) is 13.2. The third-order valence-corrected chi connectivity index (χ3v) is 3.97. The van der Waals surface area contributed by atoms with E-state index >= 15 is 0 Å². The van der Waals surface area contributed by atoms with E-state index in [1.165, 1.54) is 7.11 Å². The molecule has 140 valence electrons. The molecule has 0 saturated carbocycles. The Labute approximate surface area is 156 Å². The van der Waals surface area contributed by atoms with E-state index < -0.39 is 0 Å². The minimum atomic E-state index is -0.237. The van der Waals surface area contributed by atoms with Crippen molar-refractivity contribution in [2.75, 3.05) is 25.1 Å². The molecule has 0 unspecified atom stereocenters. The van der Waals surface area contributed by atoms with E-state index in [2.05, 4.69) is 20.3 Å². The van der Waals surface area contributed by atoms with Crippen molar-refractivity contribution in [2.45, 2.75) is 13.5 Å². The molecular formula is C18H21N7O2. The summed E-state index contributed by atoms with van der Waals surface area (Å²) in [6, 6.07) is 7.01. The zero-order valence-electron chi connectivity index (χ0n) is 15.2. The fourth-order valence-electron chi connectivity index (χ4n) is 2.67. The molecule has 0 aliphatic heterocycles. The van der Waals surface area contributed by atoms with Crippen molar-refractivity contribution in [1.29, 1.82) is 0 Å². The highest BCUT2D eigenvalue weighted by atomic mass is 16.5. The highest BCUT2D eigenvalue weighted by molar-refractivity contribution is 6.07. The standard InChI is InChI=1S/C18H21N7O2/c1-3-25(18(26)14-5-4-8-21-17(14)27-2)16-11-13(6-9-20-16)15-12-24(10-7-19)23-22-15/h4-6,8-9,11-12H,3,7,10,19H2,1-2H3. The maximum absolute atomic E-state index is 13.0. The first kappa shape index (κ1) is 18.5. The van der Waals surface area contributed by atoms with Crippen LogP contribution in [0, 0.1) is 0 Å². The summed E-state index contributed by atoms with van der Waals surface area (Å²) in [5, 5.41) is 8.20. The van der Waals surface area contributed by atoms with E-state index in [-0.39, 0.29) is 11.8 Å². The zero-order chi connectivity index (χ0) is 19.2. The SMILES string of the molecule is CCN(C(=O)c1cccnc1OC)c1cc(-c2cn(CCN)nn2)ccn1. The molecule has 3 rings (SSSR count). The molecule has 3 heterocycles. The molecule has 0 aliphatic carbocycles. The average molecular weight is 367 g/mol. The van der Waals surface area contributed by atoms with Crippen LogP contribution in [0.25, 0.3) is 11.3 Å². The third-order valence-electron chi connectivity index (χ3n) is 3.97. The minimum absolute atomic E-state index is 0.237. The number of nitrogens with two attached hydrogens (primary N) is 1. The van der Waals surface area contributed by atoms with Crippen LogP contribution in [-0.4, -0.2) is 51.1 Å². The smallest absolute Gasteiger partial charge is 0.264 e. The minimum Gasteiger partial charge on any atom is -0.480 e. The van der Waals surface area contributed by atoms with Crippen LogP contribution in [0.4, 0.5) is 5.82 Å². The van der Waals surface area contributed by atoms with Gasteiger partial charge in [-0.1, -0.05) is 5.21 Å². The van der Waals surface area contributed by atoms with Crippen LogP contribution in [0.3, 0.4) is 0 Å². The van der Waals surface area contributed by atoms with Gasteiger partial charge in [0.15, 0.2) is 0 Å². The monoisotopic (exact) mass is 367 g/mol. The van der Waals surface area contributed by atoms with Gasteiger partial charge in [-0.2, -0.15) is 0 Å². The summed E-state index contributed by atoms with van der Waals surface area (Å²) in [4.78, 5) is 23.0. The second kappa shape index (κ2) is 8.37. The molecule has 9 nitrogen and oxygen atoms in total. The molecule has 0 bridgehead atoms. The molecule has 0 aliphatic rings. The lowest BCUT2D eigenvalue weighted by molar-refractivity contribution is 0.0984. The van der Waals surface area contributed by atoms with Gasteiger partial charge >= 0.3 is 0 Å². The molecule has 0 aromatic carbocycles. The second-order valence-electron chi connectivity index (χ2n) is 5.67. The van der Waals surface area contributed by atoms with Crippen molar-refractivity contribution in [3.05, 3.63) is 48.4 Å². The Kier molecular flexibility index (Phi) is 5.72. The normalized spacial score (nSPS) is 10.6. The van der Waals surface area contributed by atoms with Gasteiger partial charge in [0, 0.05) is 31.0 Å². The van der Waals surface area contributed by atoms with E-state index in [1.807, 2.05) is 19.2 Å². The van der Waals surface area contributed by atoms with Crippen LogP contribution in [-0.2, 0) is 6.54 Å². The summed E-state index contributed by atoms with van der Waals surface area (Å²) < 4.78 is 6.88. The Hall–Kier alpha value is -3.33. The van der Waals surface area contributed by atoms with E-state index in [9.17, 15) is 4.79 Å². The van der Waals surface area contributed by atoms with Gasteiger partial charge in [0.2, 0.25) is 5.88 Å². The first-order valence-corrected chi connectivity index (χ1v) is 8.55. The van der Waals surface area contributed by atoms with Gasteiger partial charge in [-0.15, -0.1) is 5.10 Å². The average Bonchev–Trinajstić information content (AvgIpc) is 3.18. The van der Waals surface area contributed by atoms with Crippen LogP contribution in [0.1, 0.15) is 17.3 Å². The maximum atomic E-state index is 13.0. The van der Waals surface area contributed by atoms with Gasteiger partial charge in [0.1, 0.15) is 17.1 Å². The third kappa shape index (κ3) is 3.93. The Morgan fingerprint density at radius 2 is 2.15 bits per heavy atom. The molecule has 0 saturated heterocycles. The van der Waals surface area contributed by atoms with Crippen LogP contribution < -0.4 is 15.4 Å². The number of aromatic nitrogens is 5. The number of anilines is 1.